The van der Waals surface area contributed by atoms with Gasteiger partial charge in [0.2, 0.25) is 0 Å². The fourth-order valence-corrected chi connectivity index (χ4v) is 6.38. The maximum absolute atomic E-state index is 9.91. The summed E-state index contributed by atoms with van der Waals surface area (Å²) in [6.45, 7) is 19.0. The summed E-state index contributed by atoms with van der Waals surface area (Å²) in [5.74, 6) is -1.01. The van der Waals surface area contributed by atoms with E-state index in [4.69, 9.17) is 0 Å². The Kier molecular flexibility index (Phi) is 8.98. The van der Waals surface area contributed by atoms with Gasteiger partial charge in [-0.3, -0.25) is 0 Å². The third-order valence-corrected chi connectivity index (χ3v) is 10.9. The molecule has 0 spiro atoms. The van der Waals surface area contributed by atoms with Gasteiger partial charge in [0.25, 0.3) is 0 Å². The number of aliphatic carboxylic acids is 1. The van der Waals surface area contributed by atoms with Gasteiger partial charge in [0, 0.05) is 11.4 Å². The normalized spacial score (nSPS) is 12.7. The zero-order valence-electron chi connectivity index (χ0n) is 13.7. The molecule has 108 valence electrons. The summed E-state index contributed by atoms with van der Waals surface area (Å²) >= 11 is -0.147. The topological polar surface area (TPSA) is 40.1 Å². The molecule has 0 heterocycles. The Bertz CT molecular complexity index is 225. The van der Waals surface area contributed by atoms with Gasteiger partial charge in [-0.15, -0.1) is 0 Å². The van der Waals surface area contributed by atoms with E-state index in [-0.39, 0.29) is 23.2 Å². The van der Waals surface area contributed by atoms with Gasteiger partial charge < -0.3 is 9.90 Å². The summed E-state index contributed by atoms with van der Waals surface area (Å²) < 4.78 is 3.06. The quantitative estimate of drug-likeness (QED) is 0.603. The minimum absolute atomic E-state index is 0.147. The summed E-state index contributed by atoms with van der Waals surface area (Å²) in [4.78, 5) is 9.91. The molecule has 0 N–H and O–H groups in total. The molecule has 0 saturated heterocycles. The Morgan fingerprint density at radius 3 is 1.17 bits per heavy atom. The summed E-state index contributed by atoms with van der Waals surface area (Å²) in [7, 11) is 0. The van der Waals surface area contributed by atoms with Gasteiger partial charge in [-0.05, 0) is 0 Å². The number of carbonyl (C=O) groups is 1. The van der Waals surface area contributed by atoms with Crippen molar-refractivity contribution in [3.63, 3.8) is 0 Å². The summed E-state index contributed by atoms with van der Waals surface area (Å²) in [6.07, 6.45) is 0. The van der Waals surface area contributed by atoms with E-state index < -0.39 is 11.4 Å². The molecule has 0 fully saturated rings. The first-order chi connectivity index (χ1) is 7.65. The van der Waals surface area contributed by atoms with Crippen LogP contribution < -0.4 is 5.11 Å². The Labute approximate surface area is 126 Å². The molecule has 0 atom stereocenters. The predicted octanol–water partition coefficient (Wildman–Crippen LogP) is 3.40. The standard InChI is InChI=1S/C5H10O2.2C5H11.Bi/c1-5(2,3)4(6)7;2*1-5(2,3)4;/h1-3H3,(H,6,7);2*1H2,2-4H3;/q;;;+1/p-1. The van der Waals surface area contributed by atoms with Crippen LogP contribution in [0.15, 0.2) is 0 Å². The van der Waals surface area contributed by atoms with Crippen LogP contribution in [0.3, 0.4) is 0 Å². The van der Waals surface area contributed by atoms with Gasteiger partial charge in [-0.2, -0.15) is 0 Å². The van der Waals surface area contributed by atoms with E-state index in [1.807, 2.05) is 0 Å². The first-order valence-corrected chi connectivity index (χ1v) is 11.4. The monoisotopic (exact) mass is 452 g/mol. The molecule has 0 aromatic rings. The number of carboxylic acid groups (broad SMARTS) is 1. The Morgan fingerprint density at radius 1 is 0.833 bits per heavy atom. The van der Waals surface area contributed by atoms with Crippen LogP contribution in [0.2, 0.25) is 8.26 Å². The first kappa shape index (κ1) is 20.7. The molecule has 0 amide bonds. The van der Waals surface area contributed by atoms with Crippen molar-refractivity contribution in [2.75, 3.05) is 0 Å². The molecule has 0 unspecified atom stereocenters. The van der Waals surface area contributed by atoms with Gasteiger partial charge in [-0.25, -0.2) is 0 Å². The molecule has 0 aliphatic heterocycles. The molecule has 0 aliphatic carbocycles. The van der Waals surface area contributed by atoms with E-state index in [9.17, 15) is 9.90 Å². The van der Waals surface area contributed by atoms with Crippen molar-refractivity contribution >= 4 is 29.2 Å². The second-order valence-corrected chi connectivity index (χ2v) is 12.4. The molecular formula is C15H31BiO2. The van der Waals surface area contributed by atoms with Crippen LogP contribution in [0, 0.1) is 16.2 Å². The molecule has 0 saturated carbocycles. The van der Waals surface area contributed by atoms with Crippen LogP contribution in [0.1, 0.15) is 62.3 Å². The number of carbonyl (C=O) groups excluding carboxylic acids is 1. The third kappa shape index (κ3) is 18.7. The molecule has 18 heavy (non-hydrogen) atoms. The van der Waals surface area contributed by atoms with Crippen molar-refractivity contribution in [3.05, 3.63) is 0 Å². The number of carboxylic acids is 1. The molecular weight excluding hydrogens is 421 g/mol. The summed E-state index contributed by atoms with van der Waals surface area (Å²) in [6, 6.07) is 0. The summed E-state index contributed by atoms with van der Waals surface area (Å²) in [5.41, 5.74) is 0.504. The molecule has 0 aromatic heterocycles. The van der Waals surface area contributed by atoms with Crippen LogP contribution in [-0.4, -0.2) is 29.2 Å². The average molecular weight is 452 g/mol. The molecule has 0 bridgehead atoms. The fourth-order valence-electron chi connectivity index (χ4n) is 0.727. The number of rotatable bonds is 2. The van der Waals surface area contributed by atoms with Crippen molar-refractivity contribution in [2.24, 2.45) is 16.2 Å². The Hall–Kier alpha value is 0.353. The van der Waals surface area contributed by atoms with Crippen LogP contribution in [0.25, 0.3) is 0 Å². The van der Waals surface area contributed by atoms with Crippen LogP contribution in [0.5, 0.6) is 0 Å². The van der Waals surface area contributed by atoms with Gasteiger partial charge in [0.1, 0.15) is 0 Å². The second-order valence-electron chi connectivity index (χ2n) is 8.20. The third-order valence-electron chi connectivity index (χ3n) is 1.78. The van der Waals surface area contributed by atoms with Crippen molar-refractivity contribution in [3.8, 4) is 0 Å². The van der Waals surface area contributed by atoms with Crippen molar-refractivity contribution in [1.29, 1.82) is 0 Å². The minimum atomic E-state index is -1.01. The number of hydrogen-bond acceptors (Lipinski definition) is 2. The molecule has 0 aromatic carbocycles. The second kappa shape index (κ2) is 7.82. The fraction of sp³-hybridized carbons (Fsp3) is 0.933. The van der Waals surface area contributed by atoms with Gasteiger partial charge in [0.15, 0.2) is 0 Å². The van der Waals surface area contributed by atoms with E-state index >= 15 is 0 Å². The zero-order valence-corrected chi connectivity index (χ0v) is 17.2. The van der Waals surface area contributed by atoms with Crippen LogP contribution in [0.4, 0.5) is 0 Å². The van der Waals surface area contributed by atoms with E-state index in [2.05, 4.69) is 41.5 Å². The van der Waals surface area contributed by atoms with Gasteiger partial charge in [0.05, 0.1) is 0 Å². The molecule has 0 rings (SSSR count). The van der Waals surface area contributed by atoms with E-state index in [0.29, 0.717) is 10.8 Å². The first-order valence-electron chi connectivity index (χ1n) is 6.50. The predicted molar refractivity (Wildman–Crippen MR) is 78.7 cm³/mol. The average Bonchev–Trinajstić information content (AvgIpc) is 1.97. The number of hydrogen-bond donors (Lipinski definition) is 0. The molecule has 0 aliphatic rings. The summed E-state index contributed by atoms with van der Waals surface area (Å²) in [5, 5.41) is 9.91. The van der Waals surface area contributed by atoms with Crippen LogP contribution in [-0.2, 0) is 4.79 Å². The van der Waals surface area contributed by atoms with E-state index in [0.717, 1.165) is 0 Å². The van der Waals surface area contributed by atoms with Gasteiger partial charge in [-0.1, -0.05) is 20.8 Å². The maximum atomic E-state index is 9.91. The molecule has 2 nitrogen and oxygen atoms in total. The Balaban J connectivity index is 0. The van der Waals surface area contributed by atoms with Crippen molar-refractivity contribution in [2.45, 2.75) is 70.6 Å². The molecule has 3 heteroatoms. The van der Waals surface area contributed by atoms with Gasteiger partial charge >= 0.3 is 83.9 Å². The zero-order chi connectivity index (χ0) is 15.2. The van der Waals surface area contributed by atoms with Crippen molar-refractivity contribution < 1.29 is 9.90 Å². The molecule has 2 radical (unpaired) electrons. The SMILES string of the molecule is CC(C)(C)C(=O)[O-].CC(C)(C)[CH2][Bi+][CH2]C(C)(C)C. The van der Waals surface area contributed by atoms with Crippen molar-refractivity contribution in [1.82, 2.24) is 0 Å². The van der Waals surface area contributed by atoms with E-state index in [1.165, 1.54) is 8.26 Å². The van der Waals surface area contributed by atoms with E-state index in [1.54, 1.807) is 20.8 Å². The Morgan fingerprint density at radius 2 is 1.06 bits per heavy atom. The van der Waals surface area contributed by atoms with Crippen LogP contribution >= 0.6 is 0 Å².